The van der Waals surface area contributed by atoms with Gasteiger partial charge in [-0.25, -0.2) is 0 Å². The zero-order valence-corrected chi connectivity index (χ0v) is 11.9. The zero-order chi connectivity index (χ0) is 14.5. The number of hydrogen-bond acceptors (Lipinski definition) is 3. The van der Waals surface area contributed by atoms with Crippen LogP contribution < -0.4 is 11.1 Å². The minimum Gasteiger partial charge on any atom is -0.369 e. The molecule has 1 fully saturated rings. The van der Waals surface area contributed by atoms with E-state index in [-0.39, 0.29) is 24.3 Å². The number of nitrogens with zero attached hydrogens (tertiary/aromatic N) is 1. The first kappa shape index (κ1) is 14.8. The van der Waals surface area contributed by atoms with Crippen molar-refractivity contribution < 1.29 is 9.59 Å². The highest BCUT2D eigenvalue weighted by atomic mass is 35.5. The largest absolute Gasteiger partial charge is 0.369 e. The average Bonchev–Trinajstić information content (AvgIpc) is 2.41. The van der Waals surface area contributed by atoms with Gasteiger partial charge in [-0.1, -0.05) is 23.7 Å². The summed E-state index contributed by atoms with van der Waals surface area (Å²) in [4.78, 5) is 25.1. The number of halogens is 1. The maximum Gasteiger partial charge on any atom is 0.238 e. The lowest BCUT2D eigenvalue weighted by Crippen LogP contribution is -2.44. The highest BCUT2D eigenvalue weighted by molar-refractivity contribution is 6.33. The molecule has 1 atom stereocenters. The summed E-state index contributed by atoms with van der Waals surface area (Å²) in [5.41, 5.74) is 5.92. The first-order chi connectivity index (χ1) is 9.56. The van der Waals surface area contributed by atoms with Crippen molar-refractivity contribution in [1.82, 2.24) is 4.90 Å². The van der Waals surface area contributed by atoms with E-state index in [1.807, 2.05) is 11.0 Å². The molecule has 0 radical (unpaired) electrons. The lowest BCUT2D eigenvalue weighted by molar-refractivity contribution is -0.125. The quantitative estimate of drug-likeness (QED) is 0.883. The maximum atomic E-state index is 12.0. The van der Waals surface area contributed by atoms with Crippen LogP contribution in [0.1, 0.15) is 12.8 Å². The number of rotatable bonds is 4. The molecule has 1 aromatic rings. The molecule has 20 heavy (non-hydrogen) atoms. The van der Waals surface area contributed by atoms with Crippen LogP contribution in [0.4, 0.5) is 5.69 Å². The Bertz CT molecular complexity index is 507. The Morgan fingerprint density at radius 1 is 1.40 bits per heavy atom. The van der Waals surface area contributed by atoms with Gasteiger partial charge in [-0.15, -0.1) is 0 Å². The molecule has 2 rings (SSSR count). The van der Waals surface area contributed by atoms with Gasteiger partial charge < -0.3 is 11.1 Å². The second-order valence-corrected chi connectivity index (χ2v) is 5.41. The number of hydrogen-bond donors (Lipinski definition) is 2. The van der Waals surface area contributed by atoms with Crippen LogP contribution in [0.3, 0.4) is 0 Å². The molecule has 6 heteroatoms. The third kappa shape index (κ3) is 3.95. The summed E-state index contributed by atoms with van der Waals surface area (Å²) in [6.45, 7) is 1.60. The summed E-state index contributed by atoms with van der Waals surface area (Å²) < 4.78 is 0. The molecule has 1 heterocycles. The Morgan fingerprint density at radius 2 is 2.15 bits per heavy atom. The number of likely N-dealkylation sites (tertiary alicyclic amines) is 1. The van der Waals surface area contributed by atoms with Crippen molar-refractivity contribution in [3.05, 3.63) is 29.3 Å². The van der Waals surface area contributed by atoms with Gasteiger partial charge in [0.25, 0.3) is 0 Å². The van der Waals surface area contributed by atoms with Crippen molar-refractivity contribution in [1.29, 1.82) is 0 Å². The third-order valence-corrected chi connectivity index (χ3v) is 3.75. The number of carbonyl (C=O) groups excluding carboxylic acids is 2. The normalized spacial score (nSPS) is 19.6. The lowest BCUT2D eigenvalue weighted by atomic mass is 9.97. The van der Waals surface area contributed by atoms with Crippen LogP contribution in [0.15, 0.2) is 24.3 Å². The van der Waals surface area contributed by atoms with Crippen LogP contribution in [-0.4, -0.2) is 36.3 Å². The van der Waals surface area contributed by atoms with Gasteiger partial charge in [0.05, 0.1) is 23.2 Å². The third-order valence-electron chi connectivity index (χ3n) is 3.42. The van der Waals surface area contributed by atoms with Crippen molar-refractivity contribution in [2.24, 2.45) is 11.7 Å². The predicted molar refractivity (Wildman–Crippen MR) is 78.4 cm³/mol. The molecular formula is C14H18ClN3O2. The van der Waals surface area contributed by atoms with Gasteiger partial charge in [-0.2, -0.15) is 0 Å². The number of nitrogens with two attached hydrogens (primary N) is 1. The number of primary amides is 1. The van der Waals surface area contributed by atoms with Crippen LogP contribution in [0.25, 0.3) is 0 Å². The maximum absolute atomic E-state index is 12.0. The molecular weight excluding hydrogens is 278 g/mol. The summed E-state index contributed by atoms with van der Waals surface area (Å²) in [7, 11) is 0. The van der Waals surface area contributed by atoms with Crippen molar-refractivity contribution in [2.45, 2.75) is 12.8 Å². The van der Waals surface area contributed by atoms with Gasteiger partial charge in [0.2, 0.25) is 11.8 Å². The van der Waals surface area contributed by atoms with Gasteiger partial charge >= 0.3 is 0 Å². The average molecular weight is 296 g/mol. The summed E-state index contributed by atoms with van der Waals surface area (Å²) >= 11 is 5.99. The van der Waals surface area contributed by atoms with Crippen molar-refractivity contribution in [3.8, 4) is 0 Å². The van der Waals surface area contributed by atoms with Crippen LogP contribution in [0.2, 0.25) is 5.02 Å². The summed E-state index contributed by atoms with van der Waals surface area (Å²) in [6.07, 6.45) is 1.69. The molecule has 1 aromatic carbocycles. The highest BCUT2D eigenvalue weighted by Gasteiger charge is 2.25. The van der Waals surface area contributed by atoms with Crippen LogP contribution in [0, 0.1) is 5.92 Å². The molecule has 0 bridgehead atoms. The molecule has 3 N–H and O–H groups in total. The van der Waals surface area contributed by atoms with E-state index in [2.05, 4.69) is 5.32 Å². The van der Waals surface area contributed by atoms with E-state index < -0.39 is 0 Å². The molecule has 1 aliphatic rings. The Kier molecular flexibility index (Phi) is 4.98. The number of amides is 2. The second kappa shape index (κ2) is 6.72. The number of para-hydroxylation sites is 1. The Balaban J connectivity index is 1.88. The Hall–Kier alpha value is -1.59. The van der Waals surface area contributed by atoms with E-state index in [9.17, 15) is 9.59 Å². The Morgan fingerprint density at radius 3 is 2.85 bits per heavy atom. The zero-order valence-electron chi connectivity index (χ0n) is 11.1. The van der Waals surface area contributed by atoms with Gasteiger partial charge in [-0.05, 0) is 31.5 Å². The molecule has 1 aliphatic heterocycles. The number of benzene rings is 1. The van der Waals surface area contributed by atoms with Crippen molar-refractivity contribution >= 4 is 29.1 Å². The fourth-order valence-electron chi connectivity index (χ4n) is 2.39. The predicted octanol–water partition coefficient (Wildman–Crippen LogP) is 1.48. The first-order valence-electron chi connectivity index (χ1n) is 6.62. The molecule has 2 amide bonds. The second-order valence-electron chi connectivity index (χ2n) is 5.00. The minimum atomic E-state index is -0.291. The molecule has 108 valence electrons. The summed E-state index contributed by atoms with van der Waals surface area (Å²) in [6, 6.07) is 7.09. The van der Waals surface area contributed by atoms with Gasteiger partial charge in [0, 0.05) is 6.54 Å². The van der Waals surface area contributed by atoms with Crippen molar-refractivity contribution in [3.63, 3.8) is 0 Å². The highest BCUT2D eigenvalue weighted by Crippen LogP contribution is 2.21. The monoisotopic (exact) mass is 295 g/mol. The van der Waals surface area contributed by atoms with Crippen molar-refractivity contribution in [2.75, 3.05) is 25.0 Å². The number of anilines is 1. The van der Waals surface area contributed by atoms with E-state index in [0.29, 0.717) is 17.3 Å². The Labute approximate surface area is 123 Å². The summed E-state index contributed by atoms with van der Waals surface area (Å²) in [5.74, 6) is -0.582. The lowest BCUT2D eigenvalue weighted by Gasteiger charge is -2.30. The smallest absolute Gasteiger partial charge is 0.238 e. The molecule has 0 aliphatic carbocycles. The SMILES string of the molecule is NC(=O)[C@@H]1CCCN(CC(=O)Nc2ccccc2Cl)C1. The fraction of sp³-hybridized carbons (Fsp3) is 0.429. The molecule has 0 unspecified atom stereocenters. The topological polar surface area (TPSA) is 75.4 Å². The standard InChI is InChI=1S/C14H18ClN3O2/c15-11-5-1-2-6-12(11)17-13(19)9-18-7-3-4-10(8-18)14(16)20/h1-2,5-6,10H,3-4,7-9H2,(H2,16,20)(H,17,19)/t10-/m1/s1. The van der Waals surface area contributed by atoms with E-state index >= 15 is 0 Å². The molecule has 1 saturated heterocycles. The van der Waals surface area contributed by atoms with E-state index in [0.717, 1.165) is 19.4 Å². The molecule has 0 aromatic heterocycles. The number of nitrogens with one attached hydrogen (secondary N) is 1. The van der Waals surface area contributed by atoms with Gasteiger partial charge in [0.15, 0.2) is 0 Å². The molecule has 0 saturated carbocycles. The van der Waals surface area contributed by atoms with E-state index in [1.165, 1.54) is 0 Å². The molecule has 5 nitrogen and oxygen atoms in total. The minimum absolute atomic E-state index is 0.136. The number of piperidine rings is 1. The van der Waals surface area contributed by atoms with Crippen LogP contribution >= 0.6 is 11.6 Å². The van der Waals surface area contributed by atoms with E-state index in [4.69, 9.17) is 17.3 Å². The first-order valence-corrected chi connectivity index (χ1v) is 7.00. The molecule has 0 spiro atoms. The van der Waals surface area contributed by atoms with Crippen LogP contribution in [-0.2, 0) is 9.59 Å². The number of carbonyl (C=O) groups is 2. The summed E-state index contributed by atoms with van der Waals surface area (Å²) in [5, 5.41) is 3.28. The van der Waals surface area contributed by atoms with Gasteiger partial charge in [0.1, 0.15) is 0 Å². The van der Waals surface area contributed by atoms with E-state index in [1.54, 1.807) is 18.2 Å². The van der Waals surface area contributed by atoms with Crippen LogP contribution in [0.5, 0.6) is 0 Å². The van der Waals surface area contributed by atoms with Gasteiger partial charge in [-0.3, -0.25) is 14.5 Å². The fourth-order valence-corrected chi connectivity index (χ4v) is 2.57.